The molecule has 0 saturated carbocycles. The number of aromatic amines is 1. The van der Waals surface area contributed by atoms with E-state index in [0.717, 1.165) is 33.5 Å². The van der Waals surface area contributed by atoms with Crippen LogP contribution in [0.4, 0.5) is 5.69 Å². The van der Waals surface area contributed by atoms with Crippen LogP contribution >= 0.6 is 0 Å². The fourth-order valence-electron chi connectivity index (χ4n) is 3.92. The molecule has 0 atom stereocenters. The Morgan fingerprint density at radius 1 is 0.941 bits per heavy atom. The Balaban J connectivity index is 1.47. The largest absolute Gasteiger partial charge is 0.492 e. The number of hydrogen-bond acceptors (Lipinski definition) is 5. The summed E-state index contributed by atoms with van der Waals surface area (Å²) in [5, 5.41) is 3.43. The Morgan fingerprint density at radius 2 is 1.82 bits per heavy atom. The van der Waals surface area contributed by atoms with E-state index < -0.39 is 0 Å². The van der Waals surface area contributed by atoms with E-state index >= 15 is 0 Å². The molecule has 0 radical (unpaired) electrons. The van der Waals surface area contributed by atoms with Gasteiger partial charge < -0.3 is 20.8 Å². The highest BCUT2D eigenvalue weighted by atomic mass is 16.5. The van der Waals surface area contributed by atoms with Crippen LogP contribution in [-0.4, -0.2) is 27.7 Å². The first kappa shape index (κ1) is 21.5. The fourth-order valence-corrected chi connectivity index (χ4v) is 3.92. The van der Waals surface area contributed by atoms with Gasteiger partial charge >= 0.3 is 5.69 Å². The SMILES string of the molecule is NCCOc1cccc(-n2c(=O)[nH]c3ccc(-c4cncc(NCc5ccccc5)c4)cc32)c1. The lowest BCUT2D eigenvalue weighted by molar-refractivity contribution is 0.328. The molecule has 0 saturated heterocycles. The number of hydrogen-bond donors (Lipinski definition) is 3. The summed E-state index contributed by atoms with van der Waals surface area (Å²) in [5.74, 6) is 0.668. The first-order valence-corrected chi connectivity index (χ1v) is 11.1. The van der Waals surface area contributed by atoms with E-state index in [0.29, 0.717) is 25.4 Å². The second kappa shape index (κ2) is 9.64. The molecule has 5 aromatic rings. The summed E-state index contributed by atoms with van der Waals surface area (Å²) in [7, 11) is 0. The van der Waals surface area contributed by atoms with Crippen molar-refractivity contribution in [1.82, 2.24) is 14.5 Å². The summed E-state index contributed by atoms with van der Waals surface area (Å²) in [4.78, 5) is 20.2. The Labute approximate surface area is 196 Å². The van der Waals surface area contributed by atoms with Crippen LogP contribution in [-0.2, 0) is 6.54 Å². The van der Waals surface area contributed by atoms with E-state index in [1.807, 2.05) is 73.1 Å². The first-order valence-electron chi connectivity index (χ1n) is 11.1. The average Bonchev–Trinajstić information content (AvgIpc) is 3.22. The van der Waals surface area contributed by atoms with E-state index in [2.05, 4.69) is 33.5 Å². The third kappa shape index (κ3) is 4.55. The maximum Gasteiger partial charge on any atom is 0.331 e. The van der Waals surface area contributed by atoms with Gasteiger partial charge in [-0.15, -0.1) is 0 Å². The Morgan fingerprint density at radius 3 is 2.68 bits per heavy atom. The van der Waals surface area contributed by atoms with E-state index in [4.69, 9.17) is 10.5 Å². The molecular weight excluding hydrogens is 426 g/mol. The molecule has 4 N–H and O–H groups in total. The number of rotatable bonds is 8. The molecule has 2 heterocycles. The summed E-state index contributed by atoms with van der Waals surface area (Å²) in [5.41, 5.74) is 11.6. The van der Waals surface area contributed by atoms with Gasteiger partial charge in [0.25, 0.3) is 0 Å². The van der Waals surface area contributed by atoms with Gasteiger partial charge in [-0.05, 0) is 41.5 Å². The Kier molecular flexibility index (Phi) is 6.09. The maximum atomic E-state index is 12.8. The van der Waals surface area contributed by atoms with Crippen molar-refractivity contribution in [3.8, 4) is 22.6 Å². The van der Waals surface area contributed by atoms with Crippen molar-refractivity contribution >= 4 is 16.7 Å². The lowest BCUT2D eigenvalue weighted by atomic mass is 10.1. The van der Waals surface area contributed by atoms with Gasteiger partial charge in [0.1, 0.15) is 12.4 Å². The fraction of sp³-hybridized carbons (Fsp3) is 0.111. The standard InChI is InChI=1S/C27H25N5O2/c28-11-12-34-24-8-4-7-23(15-24)32-26-14-20(9-10-25(26)31-27(32)33)21-13-22(18-29-17-21)30-16-19-5-2-1-3-6-19/h1-10,13-15,17-18,30H,11-12,16,28H2,(H,31,33). The number of pyridine rings is 1. The van der Waals surface area contributed by atoms with Gasteiger partial charge in [0.05, 0.1) is 22.4 Å². The number of benzene rings is 3. The predicted molar refractivity (Wildman–Crippen MR) is 135 cm³/mol. The molecule has 0 fully saturated rings. The normalized spacial score (nSPS) is 11.0. The molecule has 0 aliphatic rings. The third-order valence-electron chi connectivity index (χ3n) is 5.56. The van der Waals surface area contributed by atoms with Crippen LogP contribution in [0.1, 0.15) is 5.56 Å². The second-order valence-electron chi connectivity index (χ2n) is 7.93. The van der Waals surface area contributed by atoms with Crippen molar-refractivity contribution < 1.29 is 4.74 Å². The molecule has 0 spiro atoms. The first-order chi connectivity index (χ1) is 16.7. The Bertz CT molecular complexity index is 1470. The summed E-state index contributed by atoms with van der Waals surface area (Å²) in [6, 6.07) is 25.6. The summed E-state index contributed by atoms with van der Waals surface area (Å²) in [6.45, 7) is 1.55. The van der Waals surface area contributed by atoms with E-state index in [-0.39, 0.29) is 5.69 Å². The molecule has 5 rings (SSSR count). The van der Waals surface area contributed by atoms with Gasteiger partial charge in [0, 0.05) is 37.1 Å². The third-order valence-corrected chi connectivity index (χ3v) is 5.56. The van der Waals surface area contributed by atoms with Crippen LogP contribution in [0, 0.1) is 0 Å². The van der Waals surface area contributed by atoms with Gasteiger partial charge in [-0.2, -0.15) is 0 Å². The zero-order valence-corrected chi connectivity index (χ0v) is 18.6. The number of H-pyrrole nitrogens is 1. The van der Waals surface area contributed by atoms with Crippen LogP contribution in [0.3, 0.4) is 0 Å². The lowest BCUT2D eigenvalue weighted by Gasteiger charge is -2.10. The highest BCUT2D eigenvalue weighted by Crippen LogP contribution is 2.27. The van der Waals surface area contributed by atoms with Crippen LogP contribution < -0.4 is 21.5 Å². The molecule has 0 unspecified atom stereocenters. The van der Waals surface area contributed by atoms with Crippen LogP contribution in [0.15, 0.2) is 96.1 Å². The molecule has 7 heteroatoms. The molecule has 0 aliphatic heterocycles. The Hall–Kier alpha value is -4.36. The number of nitrogens with one attached hydrogen (secondary N) is 2. The van der Waals surface area contributed by atoms with E-state index in [1.54, 1.807) is 4.57 Å². The summed E-state index contributed by atoms with van der Waals surface area (Å²) in [6.07, 6.45) is 3.63. The maximum absolute atomic E-state index is 12.8. The van der Waals surface area contributed by atoms with Gasteiger partial charge in [0.2, 0.25) is 0 Å². The van der Waals surface area contributed by atoms with Crippen molar-refractivity contribution in [3.63, 3.8) is 0 Å². The minimum atomic E-state index is -0.209. The number of anilines is 1. The van der Waals surface area contributed by atoms with Gasteiger partial charge in [0.15, 0.2) is 0 Å². The number of nitrogens with two attached hydrogens (primary N) is 1. The van der Waals surface area contributed by atoms with Crippen molar-refractivity contribution in [1.29, 1.82) is 0 Å². The molecule has 3 aromatic carbocycles. The summed E-state index contributed by atoms with van der Waals surface area (Å²) < 4.78 is 7.29. The van der Waals surface area contributed by atoms with E-state index in [1.165, 1.54) is 5.56 Å². The van der Waals surface area contributed by atoms with Gasteiger partial charge in [-0.1, -0.05) is 42.5 Å². The monoisotopic (exact) mass is 451 g/mol. The van der Waals surface area contributed by atoms with Crippen molar-refractivity contribution in [2.75, 3.05) is 18.5 Å². The topological polar surface area (TPSA) is 98.0 Å². The van der Waals surface area contributed by atoms with Crippen molar-refractivity contribution in [3.05, 3.63) is 107 Å². The molecule has 2 aromatic heterocycles. The quantitative estimate of drug-likeness (QED) is 0.326. The number of nitrogens with zero attached hydrogens (tertiary/aromatic N) is 2. The van der Waals surface area contributed by atoms with Gasteiger partial charge in [-0.25, -0.2) is 4.79 Å². The predicted octanol–water partition coefficient (Wildman–Crippen LogP) is 4.33. The molecule has 170 valence electrons. The van der Waals surface area contributed by atoms with Crippen LogP contribution in [0.2, 0.25) is 0 Å². The number of imidazole rings is 1. The molecule has 0 bridgehead atoms. The van der Waals surface area contributed by atoms with Crippen LogP contribution in [0.5, 0.6) is 5.75 Å². The zero-order chi connectivity index (χ0) is 23.3. The molecule has 0 amide bonds. The van der Waals surface area contributed by atoms with Crippen molar-refractivity contribution in [2.24, 2.45) is 5.73 Å². The number of fused-ring (bicyclic) bond motifs is 1. The number of aromatic nitrogens is 3. The van der Waals surface area contributed by atoms with Crippen molar-refractivity contribution in [2.45, 2.75) is 6.54 Å². The highest BCUT2D eigenvalue weighted by Gasteiger charge is 2.12. The summed E-state index contributed by atoms with van der Waals surface area (Å²) >= 11 is 0. The molecule has 0 aliphatic carbocycles. The molecular formula is C27H25N5O2. The van der Waals surface area contributed by atoms with Gasteiger partial charge in [-0.3, -0.25) is 9.55 Å². The molecule has 7 nitrogen and oxygen atoms in total. The zero-order valence-electron chi connectivity index (χ0n) is 18.6. The second-order valence-corrected chi connectivity index (χ2v) is 7.93. The molecule has 34 heavy (non-hydrogen) atoms. The number of ether oxygens (including phenoxy) is 1. The van der Waals surface area contributed by atoms with E-state index in [9.17, 15) is 4.79 Å². The lowest BCUT2D eigenvalue weighted by Crippen LogP contribution is -2.15. The van der Waals surface area contributed by atoms with Crippen LogP contribution in [0.25, 0.3) is 27.8 Å². The minimum absolute atomic E-state index is 0.209. The highest BCUT2D eigenvalue weighted by molar-refractivity contribution is 5.84. The average molecular weight is 452 g/mol. The minimum Gasteiger partial charge on any atom is -0.492 e. The smallest absolute Gasteiger partial charge is 0.331 e.